The average molecular weight is 262 g/mol. The highest BCUT2D eigenvalue weighted by Gasteiger charge is 2.16. The second-order valence-electron chi connectivity index (χ2n) is 5.69. The van der Waals surface area contributed by atoms with Gasteiger partial charge in [0.1, 0.15) is 0 Å². The Morgan fingerprint density at radius 1 is 1.26 bits per heavy atom. The molecule has 2 N–H and O–H groups in total. The third-order valence-electron chi connectivity index (χ3n) is 4.05. The molecule has 0 spiro atoms. The van der Waals surface area contributed by atoms with Gasteiger partial charge < -0.3 is 15.4 Å². The van der Waals surface area contributed by atoms with Crippen LogP contribution in [0, 0.1) is 0 Å². The number of nitrogens with two attached hydrogens (primary N) is 1. The molecule has 0 amide bonds. The maximum absolute atomic E-state index is 5.99. The van der Waals surface area contributed by atoms with Crippen molar-refractivity contribution in [3.05, 3.63) is 35.4 Å². The largest absolute Gasteiger partial charge is 0.373 e. The zero-order valence-corrected chi connectivity index (χ0v) is 12.1. The third kappa shape index (κ3) is 4.30. The maximum Gasteiger partial charge on any atom is 0.0720 e. The zero-order valence-electron chi connectivity index (χ0n) is 12.1. The number of likely N-dealkylation sites (tertiary alicyclic amines) is 1. The lowest BCUT2D eigenvalue weighted by atomic mass is 10.0. The first-order chi connectivity index (χ1) is 9.19. The Morgan fingerprint density at radius 2 is 1.89 bits per heavy atom. The van der Waals surface area contributed by atoms with Crippen LogP contribution in [0.1, 0.15) is 36.8 Å². The highest BCUT2D eigenvalue weighted by Crippen LogP contribution is 2.17. The lowest BCUT2D eigenvalue weighted by Gasteiger charge is -2.28. The molecule has 2 rings (SSSR count). The van der Waals surface area contributed by atoms with Gasteiger partial charge in [0, 0.05) is 13.1 Å². The van der Waals surface area contributed by atoms with Crippen LogP contribution in [-0.2, 0) is 11.3 Å². The van der Waals surface area contributed by atoms with Gasteiger partial charge >= 0.3 is 0 Å². The SMILES string of the molecule is CC(CN)c1ccc(COC2CCN(C)CC2)cc1. The van der Waals surface area contributed by atoms with E-state index in [0.717, 1.165) is 32.5 Å². The summed E-state index contributed by atoms with van der Waals surface area (Å²) in [6, 6.07) is 8.67. The van der Waals surface area contributed by atoms with Crippen LogP contribution in [0.25, 0.3) is 0 Å². The fourth-order valence-corrected chi connectivity index (χ4v) is 2.44. The van der Waals surface area contributed by atoms with E-state index >= 15 is 0 Å². The van der Waals surface area contributed by atoms with Crippen LogP contribution in [-0.4, -0.2) is 37.7 Å². The summed E-state index contributed by atoms with van der Waals surface area (Å²) < 4.78 is 5.99. The van der Waals surface area contributed by atoms with E-state index in [1.54, 1.807) is 0 Å². The van der Waals surface area contributed by atoms with E-state index < -0.39 is 0 Å². The van der Waals surface area contributed by atoms with Gasteiger partial charge in [-0.2, -0.15) is 0 Å². The molecule has 1 aromatic rings. The Bertz CT molecular complexity index is 369. The molecule has 1 heterocycles. The van der Waals surface area contributed by atoms with Crippen LogP contribution in [0.4, 0.5) is 0 Å². The minimum Gasteiger partial charge on any atom is -0.373 e. The minimum atomic E-state index is 0.429. The normalized spacial score (nSPS) is 19.5. The predicted octanol–water partition coefficient (Wildman–Crippen LogP) is 2.36. The predicted molar refractivity (Wildman–Crippen MR) is 79.2 cm³/mol. The summed E-state index contributed by atoms with van der Waals surface area (Å²) in [6.07, 6.45) is 2.73. The van der Waals surface area contributed by atoms with Crippen molar-refractivity contribution in [2.45, 2.75) is 38.4 Å². The van der Waals surface area contributed by atoms with Gasteiger partial charge in [-0.25, -0.2) is 0 Å². The highest BCUT2D eigenvalue weighted by molar-refractivity contribution is 5.24. The summed E-state index contributed by atoms with van der Waals surface area (Å²) in [4.78, 5) is 2.36. The van der Waals surface area contributed by atoms with Gasteiger partial charge in [-0.1, -0.05) is 31.2 Å². The first-order valence-electron chi connectivity index (χ1n) is 7.28. The minimum absolute atomic E-state index is 0.429. The van der Waals surface area contributed by atoms with Crippen molar-refractivity contribution in [1.29, 1.82) is 0 Å². The number of nitrogens with zero attached hydrogens (tertiary/aromatic N) is 1. The molecule has 1 aliphatic rings. The number of piperidine rings is 1. The van der Waals surface area contributed by atoms with Crippen LogP contribution in [0.15, 0.2) is 24.3 Å². The zero-order chi connectivity index (χ0) is 13.7. The molecule has 0 radical (unpaired) electrons. The van der Waals surface area contributed by atoms with E-state index in [9.17, 15) is 0 Å². The van der Waals surface area contributed by atoms with Crippen molar-refractivity contribution >= 4 is 0 Å². The van der Waals surface area contributed by atoms with Crippen LogP contribution < -0.4 is 5.73 Å². The first kappa shape index (κ1) is 14.5. The molecule has 1 aromatic carbocycles. The Hall–Kier alpha value is -0.900. The molecular formula is C16H26N2O. The van der Waals surface area contributed by atoms with E-state index in [1.807, 2.05) is 0 Å². The maximum atomic E-state index is 5.99. The molecule has 1 fully saturated rings. The van der Waals surface area contributed by atoms with E-state index in [-0.39, 0.29) is 0 Å². The number of hydrogen-bond acceptors (Lipinski definition) is 3. The Balaban J connectivity index is 1.80. The van der Waals surface area contributed by atoms with Gasteiger partial charge in [0.25, 0.3) is 0 Å². The van der Waals surface area contributed by atoms with Gasteiger partial charge in [-0.3, -0.25) is 0 Å². The third-order valence-corrected chi connectivity index (χ3v) is 4.05. The molecule has 1 saturated heterocycles. The van der Waals surface area contributed by atoms with Crippen molar-refractivity contribution in [3.8, 4) is 0 Å². The number of benzene rings is 1. The fraction of sp³-hybridized carbons (Fsp3) is 0.625. The lowest BCUT2D eigenvalue weighted by molar-refractivity contribution is 0.00213. The lowest BCUT2D eigenvalue weighted by Crippen LogP contribution is -2.34. The van der Waals surface area contributed by atoms with Crippen LogP contribution in [0.3, 0.4) is 0 Å². The van der Waals surface area contributed by atoms with Gasteiger partial charge in [-0.15, -0.1) is 0 Å². The van der Waals surface area contributed by atoms with Crippen molar-refractivity contribution in [2.24, 2.45) is 5.73 Å². The van der Waals surface area contributed by atoms with Crippen molar-refractivity contribution < 1.29 is 4.74 Å². The summed E-state index contributed by atoms with van der Waals surface area (Å²) in [5.41, 5.74) is 8.25. The fourth-order valence-electron chi connectivity index (χ4n) is 2.44. The highest BCUT2D eigenvalue weighted by atomic mass is 16.5. The number of ether oxygens (including phenoxy) is 1. The molecule has 0 bridgehead atoms. The van der Waals surface area contributed by atoms with Crippen molar-refractivity contribution in [3.63, 3.8) is 0 Å². The van der Waals surface area contributed by atoms with Crippen LogP contribution in [0.2, 0.25) is 0 Å². The van der Waals surface area contributed by atoms with E-state index in [1.165, 1.54) is 11.1 Å². The summed E-state index contributed by atoms with van der Waals surface area (Å²) in [6.45, 7) is 5.89. The summed E-state index contributed by atoms with van der Waals surface area (Å²) in [5.74, 6) is 0.434. The van der Waals surface area contributed by atoms with E-state index in [2.05, 4.69) is 43.1 Å². The van der Waals surface area contributed by atoms with Gasteiger partial charge in [0.2, 0.25) is 0 Å². The molecule has 3 nitrogen and oxygen atoms in total. The van der Waals surface area contributed by atoms with Crippen molar-refractivity contribution in [2.75, 3.05) is 26.7 Å². The second-order valence-corrected chi connectivity index (χ2v) is 5.69. The monoisotopic (exact) mass is 262 g/mol. The first-order valence-corrected chi connectivity index (χ1v) is 7.28. The molecular weight excluding hydrogens is 236 g/mol. The number of rotatable bonds is 5. The summed E-state index contributed by atoms with van der Waals surface area (Å²) in [7, 11) is 2.17. The van der Waals surface area contributed by atoms with Crippen LogP contribution in [0.5, 0.6) is 0 Å². The molecule has 1 aliphatic heterocycles. The Labute approximate surface area is 116 Å². The second kappa shape index (κ2) is 7.04. The smallest absolute Gasteiger partial charge is 0.0720 e. The van der Waals surface area contributed by atoms with E-state index in [0.29, 0.717) is 18.6 Å². The molecule has 0 saturated carbocycles. The van der Waals surface area contributed by atoms with Crippen LogP contribution >= 0.6 is 0 Å². The standard InChI is InChI=1S/C16H26N2O/c1-13(11-17)15-5-3-14(4-6-15)12-19-16-7-9-18(2)10-8-16/h3-6,13,16H,7-12,17H2,1-2H3. The summed E-state index contributed by atoms with van der Waals surface area (Å²) >= 11 is 0. The van der Waals surface area contributed by atoms with Gasteiger partial charge in [0.05, 0.1) is 12.7 Å². The molecule has 106 valence electrons. The average Bonchev–Trinajstić information content (AvgIpc) is 2.46. The molecule has 1 unspecified atom stereocenters. The number of hydrogen-bond donors (Lipinski definition) is 1. The van der Waals surface area contributed by atoms with Gasteiger partial charge in [-0.05, 0) is 43.5 Å². The molecule has 19 heavy (non-hydrogen) atoms. The quantitative estimate of drug-likeness (QED) is 0.885. The van der Waals surface area contributed by atoms with E-state index in [4.69, 9.17) is 10.5 Å². The van der Waals surface area contributed by atoms with Gasteiger partial charge in [0.15, 0.2) is 0 Å². The van der Waals surface area contributed by atoms with Crippen molar-refractivity contribution in [1.82, 2.24) is 4.90 Å². The Kier molecular flexibility index (Phi) is 5.37. The molecule has 1 atom stereocenters. The topological polar surface area (TPSA) is 38.5 Å². The Morgan fingerprint density at radius 3 is 2.47 bits per heavy atom. The molecule has 3 heteroatoms. The molecule has 0 aromatic heterocycles. The summed E-state index contributed by atoms with van der Waals surface area (Å²) in [5, 5.41) is 0. The molecule has 0 aliphatic carbocycles.